The van der Waals surface area contributed by atoms with Crippen LogP contribution < -0.4 is 4.74 Å². The van der Waals surface area contributed by atoms with Crippen molar-refractivity contribution in [1.29, 1.82) is 0 Å². The summed E-state index contributed by atoms with van der Waals surface area (Å²) in [5.74, 6) is 0.909. The average molecular weight is 222 g/mol. The zero-order chi connectivity index (χ0) is 11.5. The molecule has 1 aromatic rings. The second kappa shape index (κ2) is 4.86. The highest BCUT2D eigenvalue weighted by molar-refractivity contribution is 5.30. The van der Waals surface area contributed by atoms with Gasteiger partial charge in [-0.2, -0.15) is 0 Å². The van der Waals surface area contributed by atoms with Gasteiger partial charge in [-0.05, 0) is 43.7 Å². The van der Waals surface area contributed by atoms with Crippen LogP contribution in [-0.2, 0) is 0 Å². The maximum atomic E-state index is 13.7. The molecule has 0 aliphatic heterocycles. The quantitative estimate of drug-likeness (QED) is 0.732. The van der Waals surface area contributed by atoms with Crippen LogP contribution in [-0.4, -0.2) is 6.10 Å². The predicted molar refractivity (Wildman–Crippen MR) is 63.2 cm³/mol. The minimum atomic E-state index is -0.208. The van der Waals surface area contributed by atoms with E-state index in [-0.39, 0.29) is 11.9 Å². The minimum absolute atomic E-state index is 0.194. The Bertz CT molecular complexity index is 362. The monoisotopic (exact) mass is 222 g/mol. The molecule has 1 aromatic carbocycles. The molecule has 1 aliphatic rings. The van der Waals surface area contributed by atoms with Gasteiger partial charge in [0.2, 0.25) is 0 Å². The molecule has 2 rings (SSSR count). The number of aryl methyl sites for hydroxylation is 1. The van der Waals surface area contributed by atoms with E-state index in [2.05, 4.69) is 6.92 Å². The molecule has 2 atom stereocenters. The van der Waals surface area contributed by atoms with E-state index >= 15 is 0 Å². The lowest BCUT2D eigenvalue weighted by atomic mass is 9.89. The van der Waals surface area contributed by atoms with Gasteiger partial charge in [0.1, 0.15) is 0 Å². The molecule has 16 heavy (non-hydrogen) atoms. The second-order valence-corrected chi connectivity index (χ2v) is 4.90. The Kier molecular flexibility index (Phi) is 3.47. The van der Waals surface area contributed by atoms with Crippen LogP contribution in [0.5, 0.6) is 5.75 Å². The molecule has 0 radical (unpaired) electrons. The molecule has 0 bridgehead atoms. The Morgan fingerprint density at radius 1 is 1.31 bits per heavy atom. The highest BCUT2D eigenvalue weighted by Crippen LogP contribution is 2.29. The summed E-state index contributed by atoms with van der Waals surface area (Å²) >= 11 is 0. The average Bonchev–Trinajstić information content (AvgIpc) is 2.25. The van der Waals surface area contributed by atoms with Crippen molar-refractivity contribution in [3.63, 3.8) is 0 Å². The number of halogens is 1. The van der Waals surface area contributed by atoms with Crippen molar-refractivity contribution < 1.29 is 9.13 Å². The van der Waals surface area contributed by atoms with E-state index in [4.69, 9.17) is 4.74 Å². The third-order valence-corrected chi connectivity index (χ3v) is 3.34. The fraction of sp³-hybridized carbons (Fsp3) is 0.571. The summed E-state index contributed by atoms with van der Waals surface area (Å²) in [7, 11) is 0. The van der Waals surface area contributed by atoms with Gasteiger partial charge in [0, 0.05) is 0 Å². The molecule has 1 fully saturated rings. The van der Waals surface area contributed by atoms with Gasteiger partial charge in [0.05, 0.1) is 6.10 Å². The first-order valence-electron chi connectivity index (χ1n) is 6.08. The van der Waals surface area contributed by atoms with E-state index in [1.807, 2.05) is 6.07 Å². The van der Waals surface area contributed by atoms with Crippen LogP contribution in [0.3, 0.4) is 0 Å². The van der Waals surface area contributed by atoms with Gasteiger partial charge >= 0.3 is 0 Å². The first-order chi connectivity index (χ1) is 7.66. The normalized spacial score (nSPS) is 25.4. The third kappa shape index (κ3) is 2.55. The number of ether oxygens (including phenoxy) is 1. The predicted octanol–water partition coefficient (Wildman–Crippen LogP) is 4.09. The van der Waals surface area contributed by atoms with E-state index in [9.17, 15) is 4.39 Å². The Labute approximate surface area is 96.6 Å². The Morgan fingerprint density at radius 3 is 2.88 bits per heavy atom. The number of hydrogen-bond acceptors (Lipinski definition) is 1. The molecule has 0 amide bonds. The Morgan fingerprint density at radius 2 is 2.12 bits per heavy atom. The van der Waals surface area contributed by atoms with Gasteiger partial charge in [-0.15, -0.1) is 0 Å². The summed E-state index contributed by atoms with van der Waals surface area (Å²) in [6.45, 7) is 4.01. The first-order valence-corrected chi connectivity index (χ1v) is 6.08. The van der Waals surface area contributed by atoms with Gasteiger partial charge in [-0.25, -0.2) is 4.39 Å². The fourth-order valence-corrected chi connectivity index (χ4v) is 2.38. The van der Waals surface area contributed by atoms with Crippen molar-refractivity contribution in [3.05, 3.63) is 29.6 Å². The van der Waals surface area contributed by atoms with Crippen LogP contribution in [0, 0.1) is 18.7 Å². The Balaban J connectivity index is 2.05. The molecule has 1 aliphatic carbocycles. The van der Waals surface area contributed by atoms with Gasteiger partial charge < -0.3 is 4.74 Å². The van der Waals surface area contributed by atoms with Gasteiger partial charge in [-0.3, -0.25) is 0 Å². The maximum absolute atomic E-state index is 13.7. The topological polar surface area (TPSA) is 9.23 Å². The molecule has 0 N–H and O–H groups in total. The molecule has 0 spiro atoms. The van der Waals surface area contributed by atoms with E-state index in [1.165, 1.54) is 12.8 Å². The summed E-state index contributed by atoms with van der Waals surface area (Å²) in [5.41, 5.74) is 0.654. The van der Waals surface area contributed by atoms with Crippen LogP contribution in [0.15, 0.2) is 18.2 Å². The number of rotatable bonds is 2. The minimum Gasteiger partial charge on any atom is -0.487 e. The summed E-state index contributed by atoms with van der Waals surface area (Å²) in [6, 6.07) is 5.34. The summed E-state index contributed by atoms with van der Waals surface area (Å²) in [4.78, 5) is 0. The van der Waals surface area contributed by atoms with E-state index in [0.29, 0.717) is 17.2 Å². The van der Waals surface area contributed by atoms with E-state index in [0.717, 1.165) is 12.8 Å². The van der Waals surface area contributed by atoms with Crippen molar-refractivity contribution >= 4 is 0 Å². The molecular formula is C14H19FO. The number of benzene rings is 1. The summed E-state index contributed by atoms with van der Waals surface area (Å²) in [5, 5.41) is 0. The van der Waals surface area contributed by atoms with Crippen molar-refractivity contribution in [2.24, 2.45) is 5.92 Å². The SMILES string of the molecule is Cc1cccc(OC2CCCC(C)C2)c1F. The standard InChI is InChI=1S/C14H19FO/c1-10-5-3-7-12(9-10)16-13-8-4-6-11(2)14(13)15/h4,6,8,10,12H,3,5,7,9H2,1-2H3. The molecule has 0 saturated heterocycles. The highest BCUT2D eigenvalue weighted by atomic mass is 19.1. The maximum Gasteiger partial charge on any atom is 0.167 e. The lowest BCUT2D eigenvalue weighted by Gasteiger charge is -2.27. The van der Waals surface area contributed by atoms with Crippen LogP contribution in [0.4, 0.5) is 4.39 Å². The molecule has 88 valence electrons. The summed E-state index contributed by atoms with van der Waals surface area (Å²) in [6.07, 6.45) is 4.76. The van der Waals surface area contributed by atoms with E-state index in [1.54, 1.807) is 19.1 Å². The smallest absolute Gasteiger partial charge is 0.167 e. The molecular weight excluding hydrogens is 203 g/mol. The third-order valence-electron chi connectivity index (χ3n) is 3.34. The zero-order valence-electron chi connectivity index (χ0n) is 10.0. The highest BCUT2D eigenvalue weighted by Gasteiger charge is 2.21. The van der Waals surface area contributed by atoms with Gasteiger partial charge in [-0.1, -0.05) is 25.5 Å². The van der Waals surface area contributed by atoms with Crippen molar-refractivity contribution in [2.45, 2.75) is 45.6 Å². The van der Waals surface area contributed by atoms with Crippen molar-refractivity contribution in [3.8, 4) is 5.75 Å². The van der Waals surface area contributed by atoms with Crippen LogP contribution in [0.25, 0.3) is 0 Å². The Hall–Kier alpha value is -1.05. The molecule has 1 saturated carbocycles. The fourth-order valence-electron chi connectivity index (χ4n) is 2.38. The van der Waals surface area contributed by atoms with Gasteiger partial charge in [0.15, 0.2) is 11.6 Å². The molecule has 2 unspecified atom stereocenters. The summed E-state index contributed by atoms with van der Waals surface area (Å²) < 4.78 is 19.5. The molecule has 2 heteroatoms. The zero-order valence-corrected chi connectivity index (χ0v) is 10.0. The molecule has 0 aromatic heterocycles. The molecule has 1 nitrogen and oxygen atoms in total. The van der Waals surface area contributed by atoms with Gasteiger partial charge in [0.25, 0.3) is 0 Å². The van der Waals surface area contributed by atoms with Crippen LogP contribution >= 0.6 is 0 Å². The number of hydrogen-bond donors (Lipinski definition) is 0. The van der Waals surface area contributed by atoms with E-state index < -0.39 is 0 Å². The van der Waals surface area contributed by atoms with Crippen LogP contribution in [0.1, 0.15) is 38.2 Å². The first kappa shape index (κ1) is 11.4. The lowest BCUT2D eigenvalue weighted by molar-refractivity contribution is 0.124. The van der Waals surface area contributed by atoms with Crippen molar-refractivity contribution in [2.75, 3.05) is 0 Å². The largest absolute Gasteiger partial charge is 0.487 e. The second-order valence-electron chi connectivity index (χ2n) is 4.90. The molecule has 0 heterocycles. The van der Waals surface area contributed by atoms with Crippen molar-refractivity contribution in [1.82, 2.24) is 0 Å². The lowest BCUT2D eigenvalue weighted by Crippen LogP contribution is -2.24. The van der Waals surface area contributed by atoms with Crippen LogP contribution in [0.2, 0.25) is 0 Å².